The molecule has 0 saturated carbocycles. The molecule has 34 heavy (non-hydrogen) atoms. The molecule has 1 aliphatic rings. The Balaban J connectivity index is 1.48. The molecular formula is C22H23F3N8O. The maximum absolute atomic E-state index is 12.7. The van der Waals surface area contributed by atoms with E-state index in [-0.39, 0.29) is 0 Å². The highest BCUT2D eigenvalue weighted by Gasteiger charge is 2.29. The van der Waals surface area contributed by atoms with Crippen LogP contribution in [0.15, 0.2) is 49.1 Å². The average Bonchev–Trinajstić information content (AvgIpc) is 3.36. The minimum absolute atomic E-state index is 0.437. The van der Waals surface area contributed by atoms with E-state index in [1.54, 1.807) is 30.1 Å². The van der Waals surface area contributed by atoms with Gasteiger partial charge in [-0.1, -0.05) is 6.07 Å². The number of alkyl halides is 3. The van der Waals surface area contributed by atoms with Crippen LogP contribution in [0, 0.1) is 0 Å². The van der Waals surface area contributed by atoms with Crippen molar-refractivity contribution in [2.75, 3.05) is 31.1 Å². The number of β-amino-alcohol motifs (C(OH)–C–C–N with tert-alkyl or cyclic N) is 1. The van der Waals surface area contributed by atoms with E-state index >= 15 is 0 Å². The molecule has 1 atom stereocenters. The first-order valence-corrected chi connectivity index (χ1v) is 10.8. The molecule has 0 unspecified atom stereocenters. The predicted molar refractivity (Wildman–Crippen MR) is 120 cm³/mol. The van der Waals surface area contributed by atoms with E-state index < -0.39 is 18.3 Å². The fraction of sp³-hybridized carbons (Fsp3) is 0.364. The molecule has 2 N–H and O–H groups in total. The Hall–Kier alpha value is -3.51. The van der Waals surface area contributed by atoms with E-state index in [4.69, 9.17) is 4.98 Å². The van der Waals surface area contributed by atoms with Crippen LogP contribution in [-0.4, -0.2) is 72.6 Å². The molecule has 9 nitrogen and oxygen atoms in total. The second-order valence-corrected chi connectivity index (χ2v) is 8.68. The highest BCUT2D eigenvalue weighted by Crippen LogP contribution is 2.25. The van der Waals surface area contributed by atoms with Crippen LogP contribution in [0.5, 0.6) is 0 Å². The van der Waals surface area contributed by atoms with Gasteiger partial charge in [-0.2, -0.15) is 23.4 Å². The van der Waals surface area contributed by atoms with Gasteiger partial charge >= 0.3 is 6.18 Å². The van der Waals surface area contributed by atoms with Gasteiger partial charge in [0.2, 0.25) is 0 Å². The number of rotatable bonds is 4. The molecule has 0 spiro atoms. The molecule has 178 valence electrons. The molecule has 0 amide bonds. The van der Waals surface area contributed by atoms with Gasteiger partial charge in [-0.25, -0.2) is 9.67 Å². The third-order valence-electron chi connectivity index (χ3n) is 5.58. The van der Waals surface area contributed by atoms with Crippen LogP contribution < -0.4 is 10.2 Å². The van der Waals surface area contributed by atoms with Crippen molar-refractivity contribution in [3.05, 3.63) is 49.1 Å². The lowest BCUT2D eigenvalue weighted by Gasteiger charge is -2.28. The van der Waals surface area contributed by atoms with E-state index in [1.807, 2.05) is 23.1 Å². The number of aliphatic hydroxyl groups is 1. The monoisotopic (exact) mass is 472 g/mol. The Morgan fingerprint density at radius 3 is 2.79 bits per heavy atom. The summed E-state index contributed by atoms with van der Waals surface area (Å²) in [6, 6.07) is 7.35. The van der Waals surface area contributed by atoms with Crippen molar-refractivity contribution >= 4 is 16.7 Å². The second kappa shape index (κ2) is 8.37. The Bertz CT molecular complexity index is 1310. The molecule has 0 radical (unpaired) electrons. The SMILES string of the molecule is C[C@@]1(O)CNCCN(c2cccc(-n3ncc4cnc(-c5cnn(CC(F)(F)F)c5)cc43)n2)C1. The fourth-order valence-corrected chi connectivity index (χ4v) is 4.05. The molecule has 12 heteroatoms. The van der Waals surface area contributed by atoms with Crippen molar-refractivity contribution in [1.82, 2.24) is 34.8 Å². The van der Waals surface area contributed by atoms with E-state index in [9.17, 15) is 18.3 Å². The zero-order chi connectivity index (χ0) is 23.9. The molecule has 1 saturated heterocycles. The molecule has 0 bridgehead atoms. The van der Waals surface area contributed by atoms with E-state index in [2.05, 4.69) is 20.5 Å². The van der Waals surface area contributed by atoms with Crippen LogP contribution in [0.1, 0.15) is 6.92 Å². The van der Waals surface area contributed by atoms with Crippen molar-refractivity contribution in [3.63, 3.8) is 0 Å². The van der Waals surface area contributed by atoms with E-state index in [0.29, 0.717) is 48.0 Å². The summed E-state index contributed by atoms with van der Waals surface area (Å²) in [6.07, 6.45) is 1.61. The van der Waals surface area contributed by atoms with Gasteiger partial charge in [0.15, 0.2) is 5.82 Å². The third kappa shape index (κ3) is 4.73. The van der Waals surface area contributed by atoms with Crippen molar-refractivity contribution in [1.29, 1.82) is 0 Å². The highest BCUT2D eigenvalue weighted by atomic mass is 19.4. The lowest BCUT2D eigenvalue weighted by atomic mass is 10.1. The van der Waals surface area contributed by atoms with Crippen LogP contribution in [0.25, 0.3) is 28.0 Å². The number of hydrogen-bond acceptors (Lipinski definition) is 7. The van der Waals surface area contributed by atoms with Gasteiger partial charge < -0.3 is 15.3 Å². The molecule has 1 fully saturated rings. The number of halogens is 3. The highest BCUT2D eigenvalue weighted by molar-refractivity contribution is 5.83. The number of pyridine rings is 2. The van der Waals surface area contributed by atoms with Crippen LogP contribution in [-0.2, 0) is 6.54 Å². The summed E-state index contributed by atoms with van der Waals surface area (Å²) < 4.78 is 40.5. The van der Waals surface area contributed by atoms with Crippen LogP contribution in [0.4, 0.5) is 19.0 Å². The average molecular weight is 472 g/mol. The molecule has 0 aliphatic carbocycles. The number of hydrogen-bond donors (Lipinski definition) is 2. The number of nitrogens with zero attached hydrogens (tertiary/aromatic N) is 7. The molecule has 5 rings (SSSR count). The standard InChI is InChI=1S/C22H23F3N8O/c1-21(34)12-26-5-6-31(13-21)19-3-2-4-20(30-19)33-18-7-17(27-8-15(18)9-29-33)16-10-28-32(11-16)14-22(23,24)25/h2-4,7-11,26,34H,5-6,12-14H2,1H3/t21-/m1/s1. The zero-order valence-electron chi connectivity index (χ0n) is 18.4. The summed E-state index contributed by atoms with van der Waals surface area (Å²) in [5.74, 6) is 1.29. The summed E-state index contributed by atoms with van der Waals surface area (Å²) >= 11 is 0. The fourth-order valence-electron chi connectivity index (χ4n) is 4.05. The Morgan fingerprint density at radius 1 is 1.15 bits per heavy atom. The maximum Gasteiger partial charge on any atom is 0.408 e. The molecule has 1 aliphatic heterocycles. The minimum atomic E-state index is -4.35. The predicted octanol–water partition coefficient (Wildman–Crippen LogP) is 2.40. The normalized spacial score (nSPS) is 19.5. The summed E-state index contributed by atoms with van der Waals surface area (Å²) in [5, 5.41) is 22.8. The third-order valence-corrected chi connectivity index (χ3v) is 5.58. The summed E-state index contributed by atoms with van der Waals surface area (Å²) in [5.41, 5.74) is 0.778. The lowest BCUT2D eigenvalue weighted by molar-refractivity contribution is -0.142. The first-order chi connectivity index (χ1) is 16.2. The Labute approximate surface area is 192 Å². The molecule has 0 aromatic carbocycles. The minimum Gasteiger partial charge on any atom is -0.387 e. The van der Waals surface area contributed by atoms with E-state index in [0.717, 1.165) is 16.6 Å². The summed E-state index contributed by atoms with van der Waals surface area (Å²) in [7, 11) is 0. The molecular weight excluding hydrogens is 449 g/mol. The van der Waals surface area contributed by atoms with Crippen molar-refractivity contribution < 1.29 is 18.3 Å². The Kier molecular flexibility index (Phi) is 5.48. The zero-order valence-corrected chi connectivity index (χ0v) is 18.4. The molecule has 4 aromatic rings. The first kappa shape index (κ1) is 22.3. The van der Waals surface area contributed by atoms with Crippen molar-refractivity contribution in [2.24, 2.45) is 0 Å². The van der Waals surface area contributed by atoms with Crippen LogP contribution >= 0.6 is 0 Å². The van der Waals surface area contributed by atoms with Crippen LogP contribution in [0.2, 0.25) is 0 Å². The maximum atomic E-state index is 12.7. The van der Waals surface area contributed by atoms with Crippen molar-refractivity contribution in [2.45, 2.75) is 25.2 Å². The number of fused-ring (bicyclic) bond motifs is 1. The topological polar surface area (TPSA) is 96.9 Å². The smallest absolute Gasteiger partial charge is 0.387 e. The quantitative estimate of drug-likeness (QED) is 0.471. The van der Waals surface area contributed by atoms with Crippen molar-refractivity contribution in [3.8, 4) is 17.1 Å². The largest absolute Gasteiger partial charge is 0.408 e. The van der Waals surface area contributed by atoms with E-state index in [1.165, 1.54) is 12.4 Å². The second-order valence-electron chi connectivity index (χ2n) is 8.68. The van der Waals surface area contributed by atoms with Gasteiger partial charge in [0.1, 0.15) is 12.4 Å². The number of aromatic nitrogens is 6. The van der Waals surface area contributed by atoms with Gasteiger partial charge in [0.05, 0.1) is 29.2 Å². The Morgan fingerprint density at radius 2 is 1.97 bits per heavy atom. The summed E-state index contributed by atoms with van der Waals surface area (Å²) in [6.45, 7) is 2.98. The lowest BCUT2D eigenvalue weighted by Crippen LogP contribution is -2.43. The number of nitrogens with one attached hydrogen (secondary N) is 1. The molecule has 5 heterocycles. The van der Waals surface area contributed by atoms with Gasteiger partial charge in [-0.05, 0) is 25.1 Å². The number of anilines is 1. The first-order valence-electron chi connectivity index (χ1n) is 10.8. The van der Waals surface area contributed by atoms with Gasteiger partial charge in [-0.15, -0.1) is 0 Å². The van der Waals surface area contributed by atoms with Gasteiger partial charge in [-0.3, -0.25) is 9.67 Å². The van der Waals surface area contributed by atoms with Gasteiger partial charge in [0.25, 0.3) is 0 Å². The summed E-state index contributed by atoms with van der Waals surface area (Å²) in [4.78, 5) is 11.2. The van der Waals surface area contributed by atoms with Gasteiger partial charge in [0, 0.05) is 49.5 Å². The molecule has 4 aromatic heterocycles. The van der Waals surface area contributed by atoms with Crippen LogP contribution in [0.3, 0.4) is 0 Å².